The summed E-state index contributed by atoms with van der Waals surface area (Å²) in [4.78, 5) is 0. The lowest BCUT2D eigenvalue weighted by molar-refractivity contribution is 0.571. The van der Waals surface area contributed by atoms with Crippen LogP contribution in [-0.2, 0) is 0 Å². The lowest BCUT2D eigenvalue weighted by Gasteiger charge is -2.16. The minimum absolute atomic E-state index is 0.346. The number of hydrogen-bond donors (Lipinski definition) is 1. The second-order valence-corrected chi connectivity index (χ2v) is 4.48. The van der Waals surface area contributed by atoms with Crippen LogP contribution >= 0.6 is 11.6 Å². The normalized spacial score (nSPS) is 19.7. The Kier molecular flexibility index (Phi) is 2.28. The maximum atomic E-state index is 6.19. The summed E-state index contributed by atoms with van der Waals surface area (Å²) in [7, 11) is 0. The fourth-order valence-corrected chi connectivity index (χ4v) is 2.41. The number of benzene rings is 1. The van der Waals surface area contributed by atoms with Crippen molar-refractivity contribution in [2.45, 2.75) is 19.8 Å². The maximum Gasteiger partial charge on any atom is 0.0465 e. The predicted octanol–water partition coefficient (Wildman–Crippen LogP) is 4.02. The minimum Gasteiger partial charge on any atom is -0.359 e. The molecule has 0 aromatic heterocycles. The van der Waals surface area contributed by atoms with Gasteiger partial charge in [0.15, 0.2) is 0 Å². The fraction of sp³-hybridized carbons (Fsp3) is 0.333. The van der Waals surface area contributed by atoms with Gasteiger partial charge in [0.25, 0.3) is 0 Å². The van der Waals surface area contributed by atoms with Crippen molar-refractivity contribution in [3.8, 4) is 0 Å². The molecule has 1 atom stereocenters. The van der Waals surface area contributed by atoms with Gasteiger partial charge in [0.1, 0.15) is 0 Å². The third kappa shape index (κ3) is 1.32. The minimum atomic E-state index is 0.346. The van der Waals surface area contributed by atoms with E-state index in [1.807, 2.05) is 12.1 Å². The van der Waals surface area contributed by atoms with Crippen LogP contribution in [0.2, 0.25) is 5.02 Å². The Bertz CT molecular complexity index is 382. The van der Waals surface area contributed by atoms with Gasteiger partial charge in [0, 0.05) is 27.9 Å². The van der Waals surface area contributed by atoms with Gasteiger partial charge in [0.2, 0.25) is 0 Å². The third-order valence-electron chi connectivity index (χ3n) is 2.70. The Balaban J connectivity index is 2.55. The molecule has 1 aliphatic heterocycles. The zero-order chi connectivity index (χ0) is 10.3. The molecular formula is C12H14ClN. The molecule has 0 fully saturated rings. The smallest absolute Gasteiger partial charge is 0.0465 e. The van der Waals surface area contributed by atoms with Crippen molar-refractivity contribution in [2.75, 3.05) is 5.32 Å². The molecule has 2 heteroatoms. The van der Waals surface area contributed by atoms with Gasteiger partial charge < -0.3 is 5.32 Å². The summed E-state index contributed by atoms with van der Waals surface area (Å²) in [6, 6.07) is 5.95. The first kappa shape index (κ1) is 9.60. The lowest BCUT2D eigenvalue weighted by atomic mass is 9.88. The number of allylic oxidation sites excluding steroid dienone is 1. The molecule has 1 aromatic carbocycles. The molecule has 74 valence electrons. The van der Waals surface area contributed by atoms with Crippen LogP contribution in [0.1, 0.15) is 25.3 Å². The fourth-order valence-electron chi connectivity index (χ4n) is 2.12. The van der Waals surface area contributed by atoms with E-state index in [-0.39, 0.29) is 0 Å². The van der Waals surface area contributed by atoms with Gasteiger partial charge in [-0.3, -0.25) is 0 Å². The predicted molar refractivity (Wildman–Crippen MR) is 61.8 cm³/mol. The molecule has 14 heavy (non-hydrogen) atoms. The number of hydrogen-bond acceptors (Lipinski definition) is 1. The molecule has 1 aliphatic rings. The summed E-state index contributed by atoms with van der Waals surface area (Å²) in [6.07, 6.45) is 0. The topological polar surface area (TPSA) is 12.0 Å². The number of rotatable bonds is 1. The molecule has 0 spiro atoms. The Morgan fingerprint density at radius 3 is 2.79 bits per heavy atom. The molecule has 1 aromatic rings. The average molecular weight is 208 g/mol. The van der Waals surface area contributed by atoms with Crippen molar-refractivity contribution in [3.05, 3.63) is 41.1 Å². The zero-order valence-corrected chi connectivity index (χ0v) is 9.23. The van der Waals surface area contributed by atoms with E-state index in [0.717, 1.165) is 16.4 Å². The summed E-state index contributed by atoms with van der Waals surface area (Å²) in [5, 5.41) is 4.13. The van der Waals surface area contributed by atoms with Crippen molar-refractivity contribution < 1.29 is 0 Å². The molecule has 0 saturated carbocycles. The van der Waals surface area contributed by atoms with E-state index in [4.69, 9.17) is 11.6 Å². The largest absolute Gasteiger partial charge is 0.359 e. The van der Waals surface area contributed by atoms with Gasteiger partial charge in [-0.25, -0.2) is 0 Å². The van der Waals surface area contributed by atoms with E-state index in [2.05, 4.69) is 31.8 Å². The van der Waals surface area contributed by atoms with Crippen molar-refractivity contribution in [1.29, 1.82) is 0 Å². The van der Waals surface area contributed by atoms with E-state index in [1.165, 1.54) is 5.56 Å². The number of halogens is 1. The van der Waals surface area contributed by atoms with Crippen LogP contribution in [0.4, 0.5) is 5.69 Å². The molecule has 0 saturated heterocycles. The highest BCUT2D eigenvalue weighted by Crippen LogP contribution is 2.45. The van der Waals surface area contributed by atoms with Crippen LogP contribution in [0.3, 0.4) is 0 Å². The standard InChI is InChI=1S/C12H14ClN/c1-7(2)11-8(3)14-10-6-4-5-9(13)12(10)11/h4-7,11,14H,3H2,1-2H3/t11-/m0/s1. The SMILES string of the molecule is C=C1Nc2cccc(Cl)c2[C@H]1C(C)C. The first-order chi connectivity index (χ1) is 6.61. The Labute approximate surface area is 89.8 Å². The van der Waals surface area contributed by atoms with Crippen molar-refractivity contribution in [3.63, 3.8) is 0 Å². The summed E-state index contributed by atoms with van der Waals surface area (Å²) in [6.45, 7) is 8.42. The molecule has 1 heterocycles. The van der Waals surface area contributed by atoms with E-state index in [0.29, 0.717) is 11.8 Å². The molecule has 0 bridgehead atoms. The quantitative estimate of drug-likeness (QED) is 0.734. The van der Waals surface area contributed by atoms with Gasteiger partial charge in [0.05, 0.1) is 0 Å². The summed E-state index contributed by atoms with van der Waals surface area (Å²) in [5.41, 5.74) is 3.37. The molecule has 2 rings (SSSR count). The molecule has 1 nitrogen and oxygen atoms in total. The van der Waals surface area contributed by atoms with Crippen molar-refractivity contribution in [1.82, 2.24) is 0 Å². The van der Waals surface area contributed by atoms with Crippen molar-refractivity contribution >= 4 is 17.3 Å². The van der Waals surface area contributed by atoms with Crippen LogP contribution in [0.25, 0.3) is 0 Å². The third-order valence-corrected chi connectivity index (χ3v) is 3.03. The first-order valence-electron chi connectivity index (χ1n) is 4.85. The van der Waals surface area contributed by atoms with Crippen LogP contribution in [0, 0.1) is 5.92 Å². The van der Waals surface area contributed by atoms with Crippen LogP contribution in [0.5, 0.6) is 0 Å². The van der Waals surface area contributed by atoms with Gasteiger partial charge in [-0.05, 0) is 18.1 Å². The van der Waals surface area contributed by atoms with Gasteiger partial charge in [-0.2, -0.15) is 0 Å². The first-order valence-corrected chi connectivity index (χ1v) is 5.23. The summed E-state index contributed by atoms with van der Waals surface area (Å²) >= 11 is 6.19. The maximum absolute atomic E-state index is 6.19. The molecule has 0 unspecified atom stereocenters. The van der Waals surface area contributed by atoms with E-state index in [1.54, 1.807) is 0 Å². The monoisotopic (exact) mass is 207 g/mol. The molecular weight excluding hydrogens is 194 g/mol. The highest BCUT2D eigenvalue weighted by Gasteiger charge is 2.30. The molecule has 0 radical (unpaired) electrons. The lowest BCUT2D eigenvalue weighted by Crippen LogP contribution is -2.06. The average Bonchev–Trinajstić information content (AvgIpc) is 2.42. The summed E-state index contributed by atoms with van der Waals surface area (Å²) in [5.74, 6) is 0.870. The van der Waals surface area contributed by atoms with E-state index >= 15 is 0 Å². The van der Waals surface area contributed by atoms with E-state index in [9.17, 15) is 0 Å². The Morgan fingerprint density at radius 2 is 2.14 bits per heavy atom. The van der Waals surface area contributed by atoms with Crippen LogP contribution in [0.15, 0.2) is 30.5 Å². The number of fused-ring (bicyclic) bond motifs is 1. The number of anilines is 1. The van der Waals surface area contributed by atoms with Gasteiger partial charge in [-0.1, -0.05) is 38.1 Å². The van der Waals surface area contributed by atoms with Crippen LogP contribution < -0.4 is 5.32 Å². The van der Waals surface area contributed by atoms with Crippen molar-refractivity contribution in [2.24, 2.45) is 5.92 Å². The second kappa shape index (κ2) is 3.32. The number of nitrogens with one attached hydrogen (secondary N) is 1. The highest BCUT2D eigenvalue weighted by atomic mass is 35.5. The summed E-state index contributed by atoms with van der Waals surface area (Å²) < 4.78 is 0. The Hall–Kier alpha value is -0.950. The molecule has 0 aliphatic carbocycles. The van der Waals surface area contributed by atoms with E-state index < -0.39 is 0 Å². The second-order valence-electron chi connectivity index (χ2n) is 4.07. The molecule has 0 amide bonds. The van der Waals surface area contributed by atoms with Gasteiger partial charge >= 0.3 is 0 Å². The zero-order valence-electron chi connectivity index (χ0n) is 8.47. The van der Waals surface area contributed by atoms with Gasteiger partial charge in [-0.15, -0.1) is 0 Å². The van der Waals surface area contributed by atoms with Crippen LogP contribution in [-0.4, -0.2) is 0 Å². The highest BCUT2D eigenvalue weighted by molar-refractivity contribution is 6.32. The Morgan fingerprint density at radius 1 is 1.43 bits per heavy atom. The molecule has 1 N–H and O–H groups in total.